The molecule has 2 nitrogen and oxygen atoms in total. The van der Waals surface area contributed by atoms with Crippen LogP contribution in [-0.2, 0) is 0 Å². The molecule has 106 valence electrons. The van der Waals surface area contributed by atoms with Crippen molar-refractivity contribution in [2.24, 2.45) is 5.92 Å². The second-order valence-electron chi connectivity index (χ2n) is 5.90. The van der Waals surface area contributed by atoms with Gasteiger partial charge in [-0.05, 0) is 62.5 Å². The van der Waals surface area contributed by atoms with E-state index in [2.05, 4.69) is 25.8 Å². The van der Waals surface area contributed by atoms with E-state index in [1.54, 1.807) is 0 Å². The molecule has 1 aromatic rings. The monoisotopic (exact) mass is 265 g/mol. The molecule has 2 rings (SSSR count). The summed E-state index contributed by atoms with van der Waals surface area (Å²) in [6, 6.07) is 5.19. The number of halogens is 1. The zero-order valence-electron chi connectivity index (χ0n) is 12.2. The summed E-state index contributed by atoms with van der Waals surface area (Å²) in [6.45, 7) is 7.07. The van der Waals surface area contributed by atoms with Crippen molar-refractivity contribution >= 4 is 0 Å². The van der Waals surface area contributed by atoms with Gasteiger partial charge in [-0.1, -0.05) is 19.9 Å². The molecule has 0 saturated carbocycles. The van der Waals surface area contributed by atoms with Gasteiger partial charge in [0.1, 0.15) is 0 Å². The molecule has 0 spiro atoms. The first-order valence-corrected chi connectivity index (χ1v) is 7.17. The second kappa shape index (κ2) is 6.38. The van der Waals surface area contributed by atoms with Gasteiger partial charge in [-0.3, -0.25) is 0 Å². The van der Waals surface area contributed by atoms with Gasteiger partial charge in [0.2, 0.25) is 0 Å². The molecule has 19 heavy (non-hydrogen) atoms. The zero-order chi connectivity index (χ0) is 13.8. The highest BCUT2D eigenvalue weighted by Gasteiger charge is 2.18. The van der Waals surface area contributed by atoms with Gasteiger partial charge in [0.05, 0.1) is 6.61 Å². The molecule has 1 fully saturated rings. The van der Waals surface area contributed by atoms with Gasteiger partial charge in [-0.2, -0.15) is 0 Å². The van der Waals surface area contributed by atoms with Crippen LogP contribution >= 0.6 is 0 Å². The first-order valence-electron chi connectivity index (χ1n) is 7.17. The lowest BCUT2D eigenvalue weighted by Gasteiger charge is -2.28. The van der Waals surface area contributed by atoms with Crippen molar-refractivity contribution in [3.8, 4) is 5.75 Å². The molecule has 1 aliphatic heterocycles. The maximum atomic E-state index is 13.7. The second-order valence-corrected chi connectivity index (χ2v) is 5.90. The van der Waals surface area contributed by atoms with Gasteiger partial charge in [0, 0.05) is 0 Å². The average molecular weight is 265 g/mol. The summed E-state index contributed by atoms with van der Waals surface area (Å²) in [7, 11) is 2.14. The number of hydrogen-bond acceptors (Lipinski definition) is 2. The number of hydrogen-bond donors (Lipinski definition) is 0. The third-order valence-electron chi connectivity index (χ3n) is 3.93. The van der Waals surface area contributed by atoms with E-state index in [1.165, 1.54) is 6.07 Å². The summed E-state index contributed by atoms with van der Waals surface area (Å²) in [5, 5.41) is 0. The molecule has 1 heterocycles. The SMILES string of the molecule is CC(C)c1ccc(F)c(OCC2CCN(C)CC2)c1. The summed E-state index contributed by atoms with van der Waals surface area (Å²) < 4.78 is 19.4. The molecule has 0 aliphatic carbocycles. The minimum absolute atomic E-state index is 0.252. The van der Waals surface area contributed by atoms with Crippen LogP contribution in [0.2, 0.25) is 0 Å². The Kier molecular flexibility index (Phi) is 4.81. The van der Waals surface area contributed by atoms with Gasteiger partial charge >= 0.3 is 0 Å². The summed E-state index contributed by atoms with van der Waals surface area (Å²) in [5.41, 5.74) is 1.12. The van der Waals surface area contributed by atoms with Crippen molar-refractivity contribution in [1.29, 1.82) is 0 Å². The first kappa shape index (κ1) is 14.3. The summed E-state index contributed by atoms with van der Waals surface area (Å²) in [4.78, 5) is 2.33. The van der Waals surface area contributed by atoms with E-state index in [0.717, 1.165) is 31.5 Å². The Balaban J connectivity index is 1.93. The molecule has 0 unspecified atom stereocenters. The molecule has 0 N–H and O–H groups in total. The maximum absolute atomic E-state index is 13.7. The predicted octanol–water partition coefficient (Wildman–Crippen LogP) is 3.67. The topological polar surface area (TPSA) is 12.5 Å². The number of piperidine rings is 1. The van der Waals surface area contributed by atoms with Crippen LogP contribution in [0.5, 0.6) is 5.75 Å². The zero-order valence-corrected chi connectivity index (χ0v) is 12.2. The van der Waals surface area contributed by atoms with Crippen molar-refractivity contribution in [2.45, 2.75) is 32.6 Å². The van der Waals surface area contributed by atoms with Crippen molar-refractivity contribution in [2.75, 3.05) is 26.7 Å². The third-order valence-corrected chi connectivity index (χ3v) is 3.93. The standard InChI is InChI=1S/C16H24FNO/c1-12(2)14-4-5-15(17)16(10-14)19-11-13-6-8-18(3)9-7-13/h4-5,10,12-13H,6-9,11H2,1-3H3. The van der Waals surface area contributed by atoms with E-state index in [1.807, 2.05) is 12.1 Å². The number of nitrogens with zero attached hydrogens (tertiary/aromatic N) is 1. The van der Waals surface area contributed by atoms with Crippen LogP contribution in [0.4, 0.5) is 4.39 Å². The largest absolute Gasteiger partial charge is 0.490 e. The van der Waals surface area contributed by atoms with E-state index in [4.69, 9.17) is 4.74 Å². The van der Waals surface area contributed by atoms with Crippen LogP contribution in [0.1, 0.15) is 38.2 Å². The highest BCUT2D eigenvalue weighted by Crippen LogP contribution is 2.25. The van der Waals surface area contributed by atoms with Crippen LogP contribution < -0.4 is 4.74 Å². The molecule has 1 aromatic carbocycles. The minimum atomic E-state index is -0.252. The number of benzene rings is 1. The smallest absolute Gasteiger partial charge is 0.165 e. The molecular weight excluding hydrogens is 241 g/mol. The van der Waals surface area contributed by atoms with Crippen molar-refractivity contribution < 1.29 is 9.13 Å². The van der Waals surface area contributed by atoms with Gasteiger partial charge in [0.15, 0.2) is 11.6 Å². The summed E-state index contributed by atoms with van der Waals surface area (Å²) >= 11 is 0. The van der Waals surface area contributed by atoms with Crippen LogP contribution in [0.15, 0.2) is 18.2 Å². The number of rotatable bonds is 4. The Labute approximate surface area is 115 Å². The fraction of sp³-hybridized carbons (Fsp3) is 0.625. The van der Waals surface area contributed by atoms with Crippen molar-refractivity contribution in [1.82, 2.24) is 4.90 Å². The molecule has 1 aliphatic rings. The van der Waals surface area contributed by atoms with E-state index in [9.17, 15) is 4.39 Å². The maximum Gasteiger partial charge on any atom is 0.165 e. The van der Waals surface area contributed by atoms with Crippen LogP contribution in [0.3, 0.4) is 0 Å². The normalized spacial score (nSPS) is 17.9. The van der Waals surface area contributed by atoms with Crippen molar-refractivity contribution in [3.05, 3.63) is 29.6 Å². The fourth-order valence-electron chi connectivity index (χ4n) is 2.43. The fourth-order valence-corrected chi connectivity index (χ4v) is 2.43. The highest BCUT2D eigenvalue weighted by molar-refractivity contribution is 5.32. The Hall–Kier alpha value is -1.09. The molecule has 0 atom stereocenters. The van der Waals surface area contributed by atoms with E-state index >= 15 is 0 Å². The Morgan fingerprint density at radius 2 is 2.00 bits per heavy atom. The lowest BCUT2D eigenvalue weighted by molar-refractivity contribution is 0.157. The van der Waals surface area contributed by atoms with Gasteiger partial charge in [-0.15, -0.1) is 0 Å². The van der Waals surface area contributed by atoms with Gasteiger partial charge < -0.3 is 9.64 Å². The Bertz CT molecular complexity index is 411. The van der Waals surface area contributed by atoms with Gasteiger partial charge in [0.25, 0.3) is 0 Å². The minimum Gasteiger partial charge on any atom is -0.490 e. The molecule has 0 bridgehead atoms. The predicted molar refractivity (Wildman–Crippen MR) is 76.2 cm³/mol. The van der Waals surface area contributed by atoms with E-state index in [-0.39, 0.29) is 5.82 Å². The highest BCUT2D eigenvalue weighted by atomic mass is 19.1. The molecule has 0 amide bonds. The third kappa shape index (κ3) is 3.93. The summed E-state index contributed by atoms with van der Waals surface area (Å²) in [6.07, 6.45) is 2.28. The first-order chi connectivity index (χ1) is 9.06. The van der Waals surface area contributed by atoms with E-state index < -0.39 is 0 Å². The number of likely N-dealkylation sites (tertiary alicyclic amines) is 1. The Morgan fingerprint density at radius 3 is 2.63 bits per heavy atom. The molecular formula is C16H24FNO. The van der Waals surface area contributed by atoms with Gasteiger partial charge in [-0.25, -0.2) is 4.39 Å². The van der Waals surface area contributed by atoms with E-state index in [0.29, 0.717) is 24.2 Å². The molecule has 0 aromatic heterocycles. The molecule has 0 radical (unpaired) electrons. The lowest BCUT2D eigenvalue weighted by atomic mass is 9.98. The Morgan fingerprint density at radius 1 is 1.32 bits per heavy atom. The average Bonchev–Trinajstić information content (AvgIpc) is 2.39. The molecule has 1 saturated heterocycles. The lowest BCUT2D eigenvalue weighted by Crippen LogP contribution is -2.32. The van der Waals surface area contributed by atoms with Crippen LogP contribution in [-0.4, -0.2) is 31.6 Å². The van der Waals surface area contributed by atoms with Crippen molar-refractivity contribution in [3.63, 3.8) is 0 Å². The quantitative estimate of drug-likeness (QED) is 0.823. The van der Waals surface area contributed by atoms with Crippen LogP contribution in [0, 0.1) is 11.7 Å². The van der Waals surface area contributed by atoms with Crippen LogP contribution in [0.25, 0.3) is 0 Å². The summed E-state index contributed by atoms with van der Waals surface area (Å²) in [5.74, 6) is 1.10. The number of ether oxygens (including phenoxy) is 1. The molecule has 3 heteroatoms.